The van der Waals surface area contributed by atoms with Crippen LogP contribution in [0.4, 0.5) is 5.69 Å². The number of aromatic carboxylic acids is 1. The third-order valence-electron chi connectivity index (χ3n) is 5.16. The molecule has 1 atom stereocenters. The van der Waals surface area contributed by atoms with Gasteiger partial charge in [-0.3, -0.25) is 4.98 Å². The van der Waals surface area contributed by atoms with Gasteiger partial charge in [0.2, 0.25) is 0 Å². The number of hydrogen-bond acceptors (Lipinski definition) is 5. The third kappa shape index (κ3) is 4.78. The van der Waals surface area contributed by atoms with E-state index in [1.165, 1.54) is 5.56 Å². The van der Waals surface area contributed by atoms with Gasteiger partial charge in [-0.05, 0) is 30.2 Å². The molecule has 1 aromatic heterocycles. The zero-order valence-corrected chi connectivity index (χ0v) is 16.8. The van der Waals surface area contributed by atoms with Crippen molar-refractivity contribution in [1.29, 1.82) is 0 Å². The van der Waals surface area contributed by atoms with E-state index in [0.29, 0.717) is 25.5 Å². The molecule has 0 bridgehead atoms. The first-order valence-electron chi connectivity index (χ1n) is 9.92. The number of carboxylic acids is 1. The highest BCUT2D eigenvalue weighted by Gasteiger charge is 2.23. The van der Waals surface area contributed by atoms with Crippen LogP contribution in [-0.4, -0.2) is 35.8 Å². The van der Waals surface area contributed by atoms with Crippen LogP contribution in [0, 0.1) is 6.92 Å². The van der Waals surface area contributed by atoms with Gasteiger partial charge < -0.3 is 19.5 Å². The third-order valence-corrected chi connectivity index (χ3v) is 5.16. The molecule has 3 aromatic rings. The number of morpholine rings is 1. The molecule has 30 heavy (non-hydrogen) atoms. The monoisotopic (exact) mass is 404 g/mol. The van der Waals surface area contributed by atoms with E-state index >= 15 is 0 Å². The molecule has 6 nitrogen and oxygen atoms in total. The Labute approximate surface area is 175 Å². The van der Waals surface area contributed by atoms with Crippen molar-refractivity contribution in [3.8, 4) is 5.75 Å². The summed E-state index contributed by atoms with van der Waals surface area (Å²) in [6, 6.07) is 17.2. The van der Waals surface area contributed by atoms with Crippen molar-refractivity contribution < 1.29 is 19.4 Å². The van der Waals surface area contributed by atoms with Gasteiger partial charge in [0.1, 0.15) is 18.5 Å². The summed E-state index contributed by atoms with van der Waals surface area (Å²) in [5.74, 6) is -0.226. The number of aryl methyl sites for hydroxylation is 1. The van der Waals surface area contributed by atoms with E-state index in [0.717, 1.165) is 23.4 Å². The Kier molecular flexibility index (Phi) is 5.95. The van der Waals surface area contributed by atoms with Crippen molar-refractivity contribution in [2.24, 2.45) is 0 Å². The Morgan fingerprint density at radius 1 is 1.20 bits per heavy atom. The highest BCUT2D eigenvalue weighted by Crippen LogP contribution is 2.28. The Morgan fingerprint density at radius 2 is 2.03 bits per heavy atom. The van der Waals surface area contributed by atoms with Gasteiger partial charge in [0.15, 0.2) is 0 Å². The van der Waals surface area contributed by atoms with Crippen molar-refractivity contribution in [3.05, 3.63) is 89.2 Å². The van der Waals surface area contributed by atoms with Crippen molar-refractivity contribution in [1.82, 2.24) is 4.98 Å². The number of rotatable bonds is 6. The molecule has 4 rings (SSSR count). The summed E-state index contributed by atoms with van der Waals surface area (Å²) in [7, 11) is 0. The molecular weight excluding hydrogens is 380 g/mol. The summed E-state index contributed by atoms with van der Waals surface area (Å²) >= 11 is 0. The summed E-state index contributed by atoms with van der Waals surface area (Å²) in [6.45, 7) is 4.45. The summed E-state index contributed by atoms with van der Waals surface area (Å²) in [5, 5.41) is 9.24. The Bertz CT molecular complexity index is 1020. The molecule has 2 aromatic carbocycles. The van der Waals surface area contributed by atoms with Crippen LogP contribution >= 0.6 is 0 Å². The molecule has 1 aliphatic rings. The summed E-state index contributed by atoms with van der Waals surface area (Å²) < 4.78 is 11.8. The molecular formula is C24H24N2O4. The number of carboxylic acid groups (broad SMARTS) is 1. The number of pyridine rings is 1. The quantitative estimate of drug-likeness (QED) is 0.662. The van der Waals surface area contributed by atoms with E-state index in [-0.39, 0.29) is 11.7 Å². The standard InChI is InChI=1S/C24H24N2O4/c1-17-5-7-18(8-6-17)16-30-22-12-21(13-25-14-22)26-9-10-29-23(15-26)19-3-2-4-20(11-19)24(27)28/h2-8,11-14,23H,9-10,15-16H2,1H3,(H,27,28). The van der Waals surface area contributed by atoms with E-state index in [4.69, 9.17) is 9.47 Å². The Hall–Kier alpha value is -3.38. The maximum atomic E-state index is 11.3. The molecule has 0 aliphatic carbocycles. The van der Waals surface area contributed by atoms with Crippen LogP contribution in [0.2, 0.25) is 0 Å². The molecule has 1 saturated heterocycles. The van der Waals surface area contributed by atoms with Crippen molar-refractivity contribution in [3.63, 3.8) is 0 Å². The van der Waals surface area contributed by atoms with Crippen LogP contribution in [0.3, 0.4) is 0 Å². The topological polar surface area (TPSA) is 71.9 Å². The lowest BCUT2D eigenvalue weighted by Gasteiger charge is -2.34. The molecule has 1 N–H and O–H groups in total. The Morgan fingerprint density at radius 3 is 2.83 bits per heavy atom. The molecule has 0 radical (unpaired) electrons. The number of ether oxygens (including phenoxy) is 2. The van der Waals surface area contributed by atoms with Gasteiger partial charge in [-0.25, -0.2) is 4.79 Å². The maximum Gasteiger partial charge on any atom is 0.335 e. The summed E-state index contributed by atoms with van der Waals surface area (Å²) in [5.41, 5.74) is 4.41. The van der Waals surface area contributed by atoms with Crippen LogP contribution < -0.4 is 9.64 Å². The molecule has 154 valence electrons. The lowest BCUT2D eigenvalue weighted by atomic mass is 10.0. The summed E-state index contributed by atoms with van der Waals surface area (Å²) in [6.07, 6.45) is 3.33. The maximum absolute atomic E-state index is 11.3. The fourth-order valence-electron chi connectivity index (χ4n) is 3.47. The minimum Gasteiger partial charge on any atom is -0.487 e. The van der Waals surface area contributed by atoms with Crippen LogP contribution in [-0.2, 0) is 11.3 Å². The zero-order valence-electron chi connectivity index (χ0n) is 16.8. The number of nitrogens with zero attached hydrogens (tertiary/aromatic N) is 2. The number of benzene rings is 2. The molecule has 0 amide bonds. The van der Waals surface area contributed by atoms with E-state index in [1.807, 2.05) is 18.3 Å². The average molecular weight is 404 g/mol. The van der Waals surface area contributed by atoms with Crippen molar-refractivity contribution in [2.45, 2.75) is 19.6 Å². The Balaban J connectivity index is 1.44. The van der Waals surface area contributed by atoms with Gasteiger partial charge in [0.05, 0.1) is 30.3 Å². The fraction of sp³-hybridized carbons (Fsp3) is 0.250. The number of carbonyl (C=O) groups is 1. The van der Waals surface area contributed by atoms with Gasteiger partial charge >= 0.3 is 5.97 Å². The lowest BCUT2D eigenvalue weighted by Crippen LogP contribution is -2.38. The first-order chi connectivity index (χ1) is 14.6. The second kappa shape index (κ2) is 8.97. The van der Waals surface area contributed by atoms with E-state index in [1.54, 1.807) is 24.4 Å². The molecule has 1 fully saturated rings. The average Bonchev–Trinajstić information content (AvgIpc) is 2.79. The van der Waals surface area contributed by atoms with Crippen molar-refractivity contribution >= 4 is 11.7 Å². The number of hydrogen-bond donors (Lipinski definition) is 1. The number of anilines is 1. The largest absolute Gasteiger partial charge is 0.487 e. The van der Waals surface area contributed by atoms with Gasteiger partial charge in [-0.1, -0.05) is 42.0 Å². The minimum atomic E-state index is -0.938. The first-order valence-corrected chi connectivity index (χ1v) is 9.92. The normalized spacial score (nSPS) is 16.3. The van der Waals surface area contributed by atoms with Gasteiger partial charge in [0, 0.05) is 19.2 Å². The van der Waals surface area contributed by atoms with Crippen LogP contribution in [0.5, 0.6) is 5.75 Å². The predicted octanol–water partition coefficient (Wildman–Crippen LogP) is 4.25. The van der Waals surface area contributed by atoms with Gasteiger partial charge in [0.25, 0.3) is 0 Å². The molecule has 6 heteroatoms. The zero-order chi connectivity index (χ0) is 20.9. The summed E-state index contributed by atoms with van der Waals surface area (Å²) in [4.78, 5) is 17.8. The van der Waals surface area contributed by atoms with Gasteiger partial charge in [-0.15, -0.1) is 0 Å². The SMILES string of the molecule is Cc1ccc(COc2cncc(N3CCOC(c4cccc(C(=O)O)c4)C3)c2)cc1. The molecule has 1 aliphatic heterocycles. The second-order valence-corrected chi connectivity index (χ2v) is 7.39. The molecule has 0 spiro atoms. The van der Waals surface area contributed by atoms with E-state index in [9.17, 15) is 9.90 Å². The minimum absolute atomic E-state index is 0.199. The van der Waals surface area contributed by atoms with Crippen molar-refractivity contribution in [2.75, 3.05) is 24.6 Å². The highest BCUT2D eigenvalue weighted by atomic mass is 16.5. The smallest absolute Gasteiger partial charge is 0.335 e. The second-order valence-electron chi connectivity index (χ2n) is 7.39. The van der Waals surface area contributed by atoms with Crippen LogP contribution in [0.25, 0.3) is 0 Å². The molecule has 1 unspecified atom stereocenters. The first kappa shape index (κ1) is 19.9. The predicted molar refractivity (Wildman–Crippen MR) is 114 cm³/mol. The fourth-order valence-corrected chi connectivity index (χ4v) is 3.47. The molecule has 2 heterocycles. The van der Waals surface area contributed by atoms with Gasteiger partial charge in [-0.2, -0.15) is 0 Å². The van der Waals surface area contributed by atoms with E-state index < -0.39 is 5.97 Å². The van der Waals surface area contributed by atoms with Crippen LogP contribution in [0.1, 0.15) is 33.2 Å². The lowest BCUT2D eigenvalue weighted by molar-refractivity contribution is 0.0396. The number of aromatic nitrogens is 1. The molecule has 0 saturated carbocycles. The van der Waals surface area contributed by atoms with E-state index in [2.05, 4.69) is 41.1 Å². The van der Waals surface area contributed by atoms with Crippen LogP contribution in [0.15, 0.2) is 67.0 Å². The highest BCUT2D eigenvalue weighted by molar-refractivity contribution is 5.87.